The first-order valence-electron chi connectivity index (χ1n) is 4.09. The van der Waals surface area contributed by atoms with E-state index in [1.807, 2.05) is 11.8 Å². The zero-order valence-corrected chi connectivity index (χ0v) is 7.49. The van der Waals surface area contributed by atoms with Crippen LogP contribution in [-0.2, 0) is 0 Å². The van der Waals surface area contributed by atoms with Crippen molar-refractivity contribution >= 4 is 11.8 Å². The lowest BCUT2D eigenvalue weighted by Crippen LogP contribution is -2.43. The van der Waals surface area contributed by atoms with Crippen molar-refractivity contribution in [2.75, 3.05) is 24.6 Å². The van der Waals surface area contributed by atoms with E-state index < -0.39 is 0 Å². The molecule has 3 heteroatoms. The third-order valence-corrected chi connectivity index (χ3v) is 3.08. The number of thioether (sulfide) groups is 1. The minimum Gasteiger partial charge on any atom is -0.316 e. The van der Waals surface area contributed by atoms with Gasteiger partial charge in [-0.15, -0.1) is 0 Å². The molecule has 0 radical (unpaired) electrons. The molecule has 0 aromatic rings. The van der Waals surface area contributed by atoms with Crippen molar-refractivity contribution in [2.24, 2.45) is 5.92 Å². The summed E-state index contributed by atoms with van der Waals surface area (Å²) in [7, 11) is 0. The fourth-order valence-corrected chi connectivity index (χ4v) is 2.05. The maximum atomic E-state index is 8.26. The molecule has 0 atom stereocenters. The lowest BCUT2D eigenvalue weighted by atomic mass is 10.1. The second-order valence-electron chi connectivity index (χ2n) is 2.86. The standard InChI is InChI=1S/C8H14N2S/c9-3-1-2-4-11-7-8-5-10-6-8/h8,10H,1-2,4-7H2. The smallest absolute Gasteiger partial charge is 0.0622 e. The van der Waals surface area contributed by atoms with Gasteiger partial charge in [0.1, 0.15) is 0 Å². The Morgan fingerprint density at radius 1 is 1.55 bits per heavy atom. The minimum absolute atomic E-state index is 0.718. The second-order valence-corrected chi connectivity index (χ2v) is 4.01. The van der Waals surface area contributed by atoms with E-state index in [0.29, 0.717) is 0 Å². The summed E-state index contributed by atoms with van der Waals surface area (Å²) in [5.74, 6) is 3.34. The Balaban J connectivity index is 1.77. The summed E-state index contributed by atoms with van der Waals surface area (Å²) in [6.07, 6.45) is 1.78. The number of rotatable bonds is 5. The molecule has 1 aliphatic heterocycles. The Kier molecular flexibility index (Phi) is 4.41. The predicted octanol–water partition coefficient (Wildman–Crippen LogP) is 1.24. The van der Waals surface area contributed by atoms with E-state index in [-0.39, 0.29) is 0 Å². The molecule has 0 amide bonds. The summed E-state index contributed by atoms with van der Waals surface area (Å²) in [5, 5.41) is 11.5. The maximum Gasteiger partial charge on any atom is 0.0622 e. The van der Waals surface area contributed by atoms with Crippen molar-refractivity contribution < 1.29 is 0 Å². The van der Waals surface area contributed by atoms with Gasteiger partial charge >= 0.3 is 0 Å². The van der Waals surface area contributed by atoms with Crippen molar-refractivity contribution in [3.05, 3.63) is 0 Å². The van der Waals surface area contributed by atoms with Gasteiger partial charge in [0.15, 0.2) is 0 Å². The molecule has 0 bridgehead atoms. The highest BCUT2D eigenvalue weighted by Gasteiger charge is 2.15. The Morgan fingerprint density at radius 2 is 2.36 bits per heavy atom. The van der Waals surface area contributed by atoms with Crippen LogP contribution in [0.5, 0.6) is 0 Å². The summed E-state index contributed by atoms with van der Waals surface area (Å²) in [6.45, 7) is 2.40. The third-order valence-electron chi connectivity index (χ3n) is 1.80. The number of nitrogens with zero attached hydrogens (tertiary/aromatic N) is 1. The molecule has 1 rings (SSSR count). The van der Waals surface area contributed by atoms with Gasteiger partial charge in [-0.25, -0.2) is 0 Å². The molecule has 0 aromatic heterocycles. The average Bonchev–Trinajstić information content (AvgIpc) is 1.93. The van der Waals surface area contributed by atoms with Gasteiger partial charge in [-0.05, 0) is 36.9 Å². The highest BCUT2D eigenvalue weighted by Crippen LogP contribution is 2.13. The number of nitriles is 1. The molecule has 0 aliphatic carbocycles. The minimum atomic E-state index is 0.718. The van der Waals surface area contributed by atoms with E-state index in [4.69, 9.17) is 5.26 Å². The van der Waals surface area contributed by atoms with E-state index in [0.717, 1.165) is 24.5 Å². The molecule has 11 heavy (non-hydrogen) atoms. The molecular formula is C8H14N2S. The van der Waals surface area contributed by atoms with Gasteiger partial charge in [-0.3, -0.25) is 0 Å². The van der Waals surface area contributed by atoms with Gasteiger partial charge in [-0.2, -0.15) is 17.0 Å². The Bertz CT molecular complexity index is 138. The molecule has 0 saturated carbocycles. The predicted molar refractivity (Wildman–Crippen MR) is 48.5 cm³/mol. The van der Waals surface area contributed by atoms with E-state index in [2.05, 4.69) is 11.4 Å². The molecule has 2 nitrogen and oxygen atoms in total. The molecule has 1 N–H and O–H groups in total. The fourth-order valence-electron chi connectivity index (χ4n) is 0.970. The van der Waals surface area contributed by atoms with Crippen molar-refractivity contribution in [1.29, 1.82) is 5.26 Å². The van der Waals surface area contributed by atoms with Crippen LogP contribution in [0.25, 0.3) is 0 Å². The molecule has 0 spiro atoms. The Labute approximate surface area is 72.4 Å². The fraction of sp³-hybridized carbons (Fsp3) is 0.875. The van der Waals surface area contributed by atoms with Gasteiger partial charge in [0.25, 0.3) is 0 Å². The van der Waals surface area contributed by atoms with Crippen LogP contribution < -0.4 is 5.32 Å². The summed E-state index contributed by atoms with van der Waals surface area (Å²) in [5.41, 5.74) is 0. The van der Waals surface area contributed by atoms with Gasteiger partial charge in [0.05, 0.1) is 6.07 Å². The molecule has 62 valence electrons. The number of unbranched alkanes of at least 4 members (excludes halogenated alkanes) is 1. The van der Waals surface area contributed by atoms with Crippen LogP contribution in [0.3, 0.4) is 0 Å². The Hall–Kier alpha value is -0.200. The SMILES string of the molecule is N#CCCCSCC1CNC1. The lowest BCUT2D eigenvalue weighted by molar-refractivity contribution is 0.385. The summed E-state index contributed by atoms with van der Waals surface area (Å²) in [4.78, 5) is 0. The van der Waals surface area contributed by atoms with Gasteiger partial charge in [0, 0.05) is 6.42 Å². The zero-order chi connectivity index (χ0) is 7.94. The molecule has 1 heterocycles. The monoisotopic (exact) mass is 170 g/mol. The molecular weight excluding hydrogens is 156 g/mol. The zero-order valence-electron chi connectivity index (χ0n) is 6.68. The van der Waals surface area contributed by atoms with Crippen molar-refractivity contribution in [3.63, 3.8) is 0 Å². The number of nitrogens with one attached hydrogen (secondary N) is 1. The van der Waals surface area contributed by atoms with E-state index in [1.165, 1.54) is 18.8 Å². The first-order valence-corrected chi connectivity index (χ1v) is 5.24. The lowest BCUT2D eigenvalue weighted by Gasteiger charge is -2.26. The van der Waals surface area contributed by atoms with E-state index >= 15 is 0 Å². The summed E-state index contributed by atoms with van der Waals surface area (Å²) >= 11 is 1.99. The van der Waals surface area contributed by atoms with Crippen molar-refractivity contribution in [2.45, 2.75) is 12.8 Å². The maximum absolute atomic E-state index is 8.26. The van der Waals surface area contributed by atoms with Crippen LogP contribution >= 0.6 is 11.8 Å². The van der Waals surface area contributed by atoms with Crippen molar-refractivity contribution in [1.82, 2.24) is 5.32 Å². The summed E-state index contributed by atoms with van der Waals surface area (Å²) < 4.78 is 0. The topological polar surface area (TPSA) is 35.8 Å². The molecule has 1 aliphatic rings. The van der Waals surface area contributed by atoms with Crippen LogP contribution in [0.15, 0.2) is 0 Å². The normalized spacial score (nSPS) is 17.4. The molecule has 1 saturated heterocycles. The molecule has 0 aromatic carbocycles. The second kappa shape index (κ2) is 5.45. The van der Waals surface area contributed by atoms with Gasteiger partial charge in [0.2, 0.25) is 0 Å². The average molecular weight is 170 g/mol. The van der Waals surface area contributed by atoms with Gasteiger partial charge < -0.3 is 5.32 Å². The van der Waals surface area contributed by atoms with Crippen LogP contribution in [-0.4, -0.2) is 24.6 Å². The van der Waals surface area contributed by atoms with Gasteiger partial charge in [-0.1, -0.05) is 0 Å². The van der Waals surface area contributed by atoms with E-state index in [9.17, 15) is 0 Å². The quantitative estimate of drug-likeness (QED) is 0.631. The van der Waals surface area contributed by atoms with Crippen LogP contribution in [0.1, 0.15) is 12.8 Å². The van der Waals surface area contributed by atoms with Crippen LogP contribution in [0.2, 0.25) is 0 Å². The van der Waals surface area contributed by atoms with E-state index in [1.54, 1.807) is 0 Å². The first kappa shape index (κ1) is 8.89. The number of hydrogen-bond acceptors (Lipinski definition) is 3. The highest BCUT2D eigenvalue weighted by molar-refractivity contribution is 7.99. The van der Waals surface area contributed by atoms with Crippen molar-refractivity contribution in [3.8, 4) is 6.07 Å². The largest absolute Gasteiger partial charge is 0.316 e. The first-order chi connectivity index (χ1) is 5.43. The third kappa shape index (κ3) is 3.64. The van der Waals surface area contributed by atoms with Crippen LogP contribution in [0, 0.1) is 17.2 Å². The van der Waals surface area contributed by atoms with Crippen LogP contribution in [0.4, 0.5) is 0 Å². The summed E-state index contributed by atoms with van der Waals surface area (Å²) in [6, 6.07) is 2.16. The molecule has 1 fully saturated rings. The number of hydrogen-bond donors (Lipinski definition) is 1. The Morgan fingerprint density at radius 3 is 2.91 bits per heavy atom. The highest BCUT2D eigenvalue weighted by atomic mass is 32.2. The molecule has 0 unspecified atom stereocenters.